The molecule has 1 aromatic carbocycles. The topological polar surface area (TPSA) is 74.7 Å². The number of quaternary nitrogens is 1. The van der Waals surface area contributed by atoms with Gasteiger partial charge in [-0.15, -0.1) is 13.2 Å². The lowest BCUT2D eigenvalue weighted by Gasteiger charge is -2.38. The number of ether oxygens (including phenoxy) is 2. The number of carbonyl (C=O) groups excluding carboxylic acids is 1. The Kier molecular flexibility index (Phi) is 9.87. The van der Waals surface area contributed by atoms with Crippen LogP contribution in [-0.2, 0) is 16.0 Å². The van der Waals surface area contributed by atoms with Crippen LogP contribution >= 0.6 is 33.9 Å². The second-order valence-electron chi connectivity index (χ2n) is 7.95. The van der Waals surface area contributed by atoms with E-state index in [0.29, 0.717) is 17.4 Å². The maximum Gasteiger partial charge on any atom is 0.348 e. The van der Waals surface area contributed by atoms with Gasteiger partial charge in [0, 0.05) is 6.54 Å². The molecule has 3 rings (SSSR count). The summed E-state index contributed by atoms with van der Waals surface area (Å²) in [5, 5.41) is 14.2. The summed E-state index contributed by atoms with van der Waals surface area (Å²) in [4.78, 5) is 18.9. The molecule has 1 aliphatic rings. The molecule has 2 aromatic rings. The number of benzene rings is 1. The van der Waals surface area contributed by atoms with Crippen molar-refractivity contribution < 1.29 is 14.3 Å². The third-order valence-electron chi connectivity index (χ3n) is 5.36. The molecule has 178 valence electrons. The Hall–Kier alpha value is -1.79. The minimum absolute atomic E-state index is 0.201. The highest BCUT2D eigenvalue weighted by Crippen LogP contribution is 2.35. The van der Waals surface area contributed by atoms with Gasteiger partial charge in [0.05, 0.1) is 15.6 Å². The molecular formula is C24H30IN3O4S. The predicted octanol–water partition coefficient (Wildman–Crippen LogP) is 5.25. The molecule has 2 atom stereocenters. The number of hydroxylamine groups is 2. The van der Waals surface area contributed by atoms with E-state index in [1.54, 1.807) is 6.20 Å². The molecule has 33 heavy (non-hydrogen) atoms. The van der Waals surface area contributed by atoms with Gasteiger partial charge in [0.2, 0.25) is 0 Å². The number of halogens is 1. The van der Waals surface area contributed by atoms with Crippen molar-refractivity contribution in [2.45, 2.75) is 38.3 Å². The van der Waals surface area contributed by atoms with Gasteiger partial charge >= 0.3 is 5.97 Å². The summed E-state index contributed by atoms with van der Waals surface area (Å²) in [6.07, 6.45) is 9.21. The fourth-order valence-corrected chi connectivity index (χ4v) is 5.16. The van der Waals surface area contributed by atoms with E-state index in [9.17, 15) is 10.0 Å². The molecule has 1 saturated heterocycles. The van der Waals surface area contributed by atoms with Crippen LogP contribution in [0.3, 0.4) is 0 Å². The van der Waals surface area contributed by atoms with Crippen LogP contribution in [0.5, 0.6) is 5.75 Å². The van der Waals surface area contributed by atoms with Gasteiger partial charge in [0.25, 0.3) is 11.4 Å². The molecule has 0 amide bonds. The number of hydrogen-bond acceptors (Lipinski definition) is 7. The van der Waals surface area contributed by atoms with Gasteiger partial charge in [-0.25, -0.2) is 9.69 Å². The Labute approximate surface area is 213 Å². The first kappa shape index (κ1) is 25.8. The molecule has 1 aromatic heterocycles. The average Bonchev–Trinajstić information content (AvgIpc) is 3.37. The minimum atomic E-state index is -0.878. The van der Waals surface area contributed by atoms with Crippen molar-refractivity contribution in [3.05, 3.63) is 69.4 Å². The van der Waals surface area contributed by atoms with Crippen molar-refractivity contribution >= 4 is 45.0 Å². The molecule has 2 unspecified atom stereocenters. The zero-order valence-electron chi connectivity index (χ0n) is 18.7. The quantitative estimate of drug-likeness (QED) is 0.0802. The second kappa shape index (κ2) is 12.6. The van der Waals surface area contributed by atoms with Gasteiger partial charge in [-0.3, -0.25) is 4.65 Å². The summed E-state index contributed by atoms with van der Waals surface area (Å²) in [6.45, 7) is 8.54. The maximum atomic E-state index is 13.8. The Bertz CT molecular complexity index is 953. The first-order valence-corrected chi connectivity index (χ1v) is 12.9. The van der Waals surface area contributed by atoms with Crippen molar-refractivity contribution in [2.75, 3.05) is 26.4 Å². The Balaban J connectivity index is 1.60. The van der Waals surface area contributed by atoms with E-state index in [1.807, 2.05) is 41.3 Å². The molecule has 0 N–H and O–H groups in total. The van der Waals surface area contributed by atoms with E-state index in [-0.39, 0.29) is 13.3 Å². The molecular weight excluding hydrogens is 553 g/mol. The SMILES string of the molecule is C=CCCCc1cccc(OCC(=O)OC2CN(CCCC=C)C[N+]2([O-])c2ncc(I)s2)c1. The molecule has 0 spiro atoms. The van der Waals surface area contributed by atoms with Crippen LogP contribution in [0, 0.1) is 8.09 Å². The molecule has 7 nitrogen and oxygen atoms in total. The fraction of sp³-hybridized carbons (Fsp3) is 0.417. The van der Waals surface area contributed by atoms with Crippen LogP contribution in [0.2, 0.25) is 0 Å². The van der Waals surface area contributed by atoms with Crippen molar-refractivity contribution in [3.8, 4) is 5.75 Å². The molecule has 1 aliphatic heterocycles. The van der Waals surface area contributed by atoms with Crippen LogP contribution in [0.15, 0.2) is 55.8 Å². The van der Waals surface area contributed by atoms with Gasteiger partial charge in [0.1, 0.15) is 12.4 Å². The van der Waals surface area contributed by atoms with Crippen LogP contribution in [-0.4, -0.2) is 48.4 Å². The molecule has 0 aliphatic carbocycles. The molecule has 9 heteroatoms. The molecule has 0 bridgehead atoms. The van der Waals surface area contributed by atoms with Gasteiger partial charge in [0.15, 0.2) is 6.61 Å². The van der Waals surface area contributed by atoms with Crippen molar-refractivity contribution in [3.63, 3.8) is 0 Å². The zero-order chi connectivity index (χ0) is 23.7. The number of nitrogens with zero attached hydrogens (tertiary/aromatic N) is 3. The summed E-state index contributed by atoms with van der Waals surface area (Å²) in [5.41, 5.74) is 1.14. The van der Waals surface area contributed by atoms with E-state index in [1.165, 1.54) is 11.3 Å². The van der Waals surface area contributed by atoms with Gasteiger partial charge in [-0.1, -0.05) is 24.3 Å². The van der Waals surface area contributed by atoms with Crippen LogP contribution in [0.4, 0.5) is 5.13 Å². The number of unbranched alkanes of at least 4 members (excludes halogenated alkanes) is 2. The molecule has 2 heterocycles. The van der Waals surface area contributed by atoms with E-state index in [4.69, 9.17) is 9.47 Å². The average molecular weight is 583 g/mol. The maximum absolute atomic E-state index is 13.8. The predicted molar refractivity (Wildman–Crippen MR) is 141 cm³/mol. The van der Waals surface area contributed by atoms with Crippen LogP contribution < -0.4 is 9.38 Å². The van der Waals surface area contributed by atoms with Crippen molar-refractivity contribution in [1.82, 2.24) is 14.5 Å². The van der Waals surface area contributed by atoms with Crippen LogP contribution in [0.25, 0.3) is 0 Å². The molecule has 0 saturated carbocycles. The standard InChI is InChI=1S/C24H30IN3O4S/c1-3-5-7-10-19-11-9-12-20(14-19)31-17-23(29)32-22-16-27(13-8-6-4-2)18-28(22,30)24-26-15-21(25)33-24/h3-4,9,11-12,14-15,22H,1-2,5-8,10,13,16-18H2. The third kappa shape index (κ3) is 7.35. The minimum Gasteiger partial charge on any atom is -0.622 e. The number of thiazole rings is 1. The van der Waals surface area contributed by atoms with E-state index >= 15 is 0 Å². The number of carbonyl (C=O) groups is 1. The largest absolute Gasteiger partial charge is 0.622 e. The highest BCUT2D eigenvalue weighted by molar-refractivity contribution is 14.1. The highest BCUT2D eigenvalue weighted by atomic mass is 127. The first-order valence-electron chi connectivity index (χ1n) is 11.0. The summed E-state index contributed by atoms with van der Waals surface area (Å²) < 4.78 is 11.4. The Morgan fingerprint density at radius 3 is 2.85 bits per heavy atom. The van der Waals surface area contributed by atoms with Gasteiger partial charge in [-0.05, 0) is 83.7 Å². The Morgan fingerprint density at radius 1 is 1.33 bits per heavy atom. The van der Waals surface area contributed by atoms with Crippen molar-refractivity contribution in [2.24, 2.45) is 0 Å². The molecule has 0 radical (unpaired) electrons. The summed E-state index contributed by atoms with van der Waals surface area (Å²) in [5.74, 6) is 0.0486. The zero-order valence-corrected chi connectivity index (χ0v) is 21.6. The second-order valence-corrected chi connectivity index (χ2v) is 10.9. The summed E-state index contributed by atoms with van der Waals surface area (Å²) in [6, 6.07) is 7.68. The van der Waals surface area contributed by atoms with E-state index in [0.717, 1.165) is 47.1 Å². The number of rotatable bonds is 13. The lowest BCUT2D eigenvalue weighted by Crippen LogP contribution is -2.51. The summed E-state index contributed by atoms with van der Waals surface area (Å²) >= 11 is 3.47. The van der Waals surface area contributed by atoms with Crippen LogP contribution in [0.1, 0.15) is 31.2 Å². The molecule has 1 fully saturated rings. The third-order valence-corrected chi connectivity index (χ3v) is 7.19. The number of esters is 1. The normalized spacial score (nSPS) is 20.5. The Morgan fingerprint density at radius 2 is 2.12 bits per heavy atom. The monoisotopic (exact) mass is 583 g/mol. The number of aromatic nitrogens is 1. The lowest BCUT2D eigenvalue weighted by atomic mass is 10.1. The first-order chi connectivity index (χ1) is 15.9. The number of allylic oxidation sites excluding steroid dienone is 2. The van der Waals surface area contributed by atoms with Gasteiger partial charge in [-0.2, -0.15) is 4.98 Å². The smallest absolute Gasteiger partial charge is 0.348 e. The lowest BCUT2D eigenvalue weighted by molar-refractivity contribution is -0.155. The highest BCUT2D eigenvalue weighted by Gasteiger charge is 2.45. The van der Waals surface area contributed by atoms with E-state index in [2.05, 4.69) is 40.7 Å². The number of aryl methyl sites for hydroxylation is 1. The fourth-order valence-electron chi connectivity index (χ4n) is 3.72. The number of hydrogen-bond donors (Lipinski definition) is 0. The summed E-state index contributed by atoms with van der Waals surface area (Å²) in [7, 11) is 0. The van der Waals surface area contributed by atoms with Gasteiger partial charge < -0.3 is 14.7 Å². The van der Waals surface area contributed by atoms with Crippen molar-refractivity contribution in [1.29, 1.82) is 0 Å². The van der Waals surface area contributed by atoms with E-state index < -0.39 is 16.8 Å².